The highest BCUT2D eigenvalue weighted by Gasteiger charge is 2.33. The van der Waals surface area contributed by atoms with Gasteiger partial charge in [-0.1, -0.05) is 78.6 Å². The predicted molar refractivity (Wildman–Crippen MR) is 113 cm³/mol. The molecular formula is C23H35N3. The van der Waals surface area contributed by atoms with Crippen molar-refractivity contribution in [2.75, 3.05) is 7.05 Å². The van der Waals surface area contributed by atoms with Crippen molar-refractivity contribution < 1.29 is 0 Å². The largest absolute Gasteiger partial charge is 0.286 e. The van der Waals surface area contributed by atoms with Gasteiger partial charge in [-0.3, -0.25) is 4.99 Å². The van der Waals surface area contributed by atoms with Gasteiger partial charge in [-0.05, 0) is 35.7 Å². The van der Waals surface area contributed by atoms with Gasteiger partial charge in [0.2, 0.25) is 6.19 Å². The van der Waals surface area contributed by atoms with Crippen molar-refractivity contribution in [3.8, 4) is 6.19 Å². The molecule has 0 fully saturated rings. The SMILES string of the molecule is CCC(C)(C)CC(c1ccc(C(=NC)C(C)=NC#N)cc1)C(C)(C)CC. The first kappa shape index (κ1) is 22.1. The van der Waals surface area contributed by atoms with Crippen molar-refractivity contribution in [3.63, 3.8) is 0 Å². The fraction of sp³-hybridized carbons (Fsp3) is 0.609. The Morgan fingerprint density at radius 3 is 2.08 bits per heavy atom. The molecule has 0 aromatic heterocycles. The van der Waals surface area contributed by atoms with Crippen LogP contribution in [0.4, 0.5) is 0 Å². The van der Waals surface area contributed by atoms with E-state index in [0.29, 0.717) is 17.0 Å². The minimum Gasteiger partial charge on any atom is -0.286 e. The molecule has 142 valence electrons. The van der Waals surface area contributed by atoms with Crippen LogP contribution in [-0.4, -0.2) is 18.5 Å². The summed E-state index contributed by atoms with van der Waals surface area (Å²) in [5.74, 6) is 0.507. The van der Waals surface area contributed by atoms with Crippen LogP contribution < -0.4 is 0 Å². The molecule has 3 nitrogen and oxygen atoms in total. The van der Waals surface area contributed by atoms with Crippen LogP contribution in [0.5, 0.6) is 0 Å². The number of nitrogens with zero attached hydrogens (tertiary/aromatic N) is 3. The lowest BCUT2D eigenvalue weighted by Gasteiger charge is -2.39. The van der Waals surface area contributed by atoms with Crippen LogP contribution in [0.2, 0.25) is 0 Å². The molecule has 1 aromatic rings. The van der Waals surface area contributed by atoms with Crippen LogP contribution in [0.15, 0.2) is 34.3 Å². The zero-order chi connectivity index (χ0) is 20.0. The zero-order valence-corrected chi connectivity index (χ0v) is 17.8. The number of hydrogen-bond donors (Lipinski definition) is 0. The van der Waals surface area contributed by atoms with E-state index in [9.17, 15) is 0 Å². The van der Waals surface area contributed by atoms with E-state index in [1.54, 1.807) is 7.05 Å². The molecule has 0 aliphatic rings. The van der Waals surface area contributed by atoms with Crippen molar-refractivity contribution in [2.45, 2.75) is 73.6 Å². The van der Waals surface area contributed by atoms with Gasteiger partial charge in [0.05, 0.1) is 11.4 Å². The Labute approximate surface area is 160 Å². The standard InChI is InChI=1S/C23H35N3/c1-9-22(4,5)15-20(23(6,7)10-2)18-11-13-19(14-12-18)21(25-8)17(3)26-16-24/h11-14,20H,9-10,15H2,1-8H3. The molecule has 0 bridgehead atoms. The molecular weight excluding hydrogens is 318 g/mol. The quantitative estimate of drug-likeness (QED) is 0.394. The Morgan fingerprint density at radius 2 is 1.65 bits per heavy atom. The Kier molecular flexibility index (Phi) is 7.75. The normalized spacial score (nSPS) is 14.9. The van der Waals surface area contributed by atoms with Gasteiger partial charge in [0.25, 0.3) is 0 Å². The maximum Gasteiger partial charge on any atom is 0.205 e. The average Bonchev–Trinajstić information content (AvgIpc) is 2.61. The molecule has 26 heavy (non-hydrogen) atoms. The van der Waals surface area contributed by atoms with E-state index >= 15 is 0 Å². The van der Waals surface area contributed by atoms with Crippen LogP contribution >= 0.6 is 0 Å². The molecule has 1 atom stereocenters. The molecule has 0 radical (unpaired) electrons. The van der Waals surface area contributed by atoms with Gasteiger partial charge in [0, 0.05) is 12.6 Å². The van der Waals surface area contributed by atoms with Crippen molar-refractivity contribution in [1.82, 2.24) is 0 Å². The minimum absolute atomic E-state index is 0.244. The average molecular weight is 354 g/mol. The molecule has 0 N–H and O–H groups in total. The number of rotatable bonds is 8. The summed E-state index contributed by atoms with van der Waals surface area (Å²) < 4.78 is 0. The van der Waals surface area contributed by atoms with E-state index in [2.05, 4.69) is 75.8 Å². The molecule has 0 amide bonds. The number of aliphatic imine (C=N–C) groups is 2. The van der Waals surface area contributed by atoms with E-state index in [4.69, 9.17) is 5.26 Å². The topological polar surface area (TPSA) is 48.5 Å². The minimum atomic E-state index is 0.244. The third kappa shape index (κ3) is 5.53. The molecule has 0 heterocycles. The van der Waals surface area contributed by atoms with E-state index < -0.39 is 0 Å². The first-order chi connectivity index (χ1) is 12.1. The second kappa shape index (κ2) is 9.12. The Morgan fingerprint density at radius 1 is 1.08 bits per heavy atom. The third-order valence-corrected chi connectivity index (χ3v) is 5.94. The van der Waals surface area contributed by atoms with Crippen LogP contribution in [-0.2, 0) is 0 Å². The molecule has 0 spiro atoms. The van der Waals surface area contributed by atoms with Crippen molar-refractivity contribution in [2.24, 2.45) is 20.8 Å². The monoisotopic (exact) mass is 353 g/mol. The highest BCUT2D eigenvalue weighted by molar-refractivity contribution is 6.47. The van der Waals surface area contributed by atoms with E-state index in [1.807, 2.05) is 13.1 Å². The summed E-state index contributed by atoms with van der Waals surface area (Å²) in [5, 5.41) is 8.80. The van der Waals surface area contributed by atoms with Crippen LogP contribution in [0, 0.1) is 22.3 Å². The van der Waals surface area contributed by atoms with Gasteiger partial charge in [0.15, 0.2) is 0 Å². The van der Waals surface area contributed by atoms with Crippen molar-refractivity contribution in [3.05, 3.63) is 35.4 Å². The molecule has 1 aromatic carbocycles. The van der Waals surface area contributed by atoms with Crippen LogP contribution in [0.3, 0.4) is 0 Å². The first-order valence-corrected chi connectivity index (χ1v) is 9.62. The molecule has 0 saturated heterocycles. The summed E-state index contributed by atoms with van der Waals surface area (Å²) in [6.45, 7) is 15.9. The lowest BCUT2D eigenvalue weighted by molar-refractivity contribution is 0.188. The lowest BCUT2D eigenvalue weighted by Crippen LogP contribution is -2.27. The molecule has 1 unspecified atom stereocenters. The van der Waals surface area contributed by atoms with E-state index in [1.165, 1.54) is 18.4 Å². The zero-order valence-electron chi connectivity index (χ0n) is 17.8. The molecule has 3 heteroatoms. The highest BCUT2D eigenvalue weighted by Crippen LogP contribution is 2.46. The molecule has 0 saturated carbocycles. The van der Waals surface area contributed by atoms with Gasteiger partial charge in [-0.25, -0.2) is 0 Å². The van der Waals surface area contributed by atoms with Gasteiger partial charge < -0.3 is 0 Å². The van der Waals surface area contributed by atoms with E-state index in [-0.39, 0.29) is 5.41 Å². The first-order valence-electron chi connectivity index (χ1n) is 9.62. The van der Waals surface area contributed by atoms with E-state index in [0.717, 1.165) is 17.7 Å². The van der Waals surface area contributed by atoms with Crippen molar-refractivity contribution in [1.29, 1.82) is 5.26 Å². The third-order valence-electron chi connectivity index (χ3n) is 5.94. The van der Waals surface area contributed by atoms with Gasteiger partial charge in [-0.2, -0.15) is 10.3 Å². The summed E-state index contributed by atoms with van der Waals surface area (Å²) in [4.78, 5) is 8.16. The second-order valence-electron chi connectivity index (χ2n) is 8.61. The lowest BCUT2D eigenvalue weighted by atomic mass is 9.66. The summed E-state index contributed by atoms with van der Waals surface area (Å²) >= 11 is 0. The highest BCUT2D eigenvalue weighted by atomic mass is 14.8. The predicted octanol–water partition coefficient (Wildman–Crippen LogP) is 6.39. The fourth-order valence-electron chi connectivity index (χ4n) is 3.29. The number of hydrogen-bond acceptors (Lipinski definition) is 3. The summed E-state index contributed by atoms with van der Waals surface area (Å²) in [7, 11) is 1.74. The van der Waals surface area contributed by atoms with Crippen molar-refractivity contribution >= 4 is 11.4 Å². The number of benzene rings is 1. The maximum absolute atomic E-state index is 8.80. The Bertz CT molecular complexity index is 685. The van der Waals surface area contributed by atoms with Gasteiger partial charge >= 0.3 is 0 Å². The Hall–Kier alpha value is -1.95. The Balaban J connectivity index is 3.27. The number of nitriles is 1. The second-order valence-corrected chi connectivity index (χ2v) is 8.61. The van der Waals surface area contributed by atoms with Gasteiger partial charge in [0.1, 0.15) is 0 Å². The summed E-state index contributed by atoms with van der Waals surface area (Å²) in [5.41, 5.74) is 4.39. The summed E-state index contributed by atoms with van der Waals surface area (Å²) in [6, 6.07) is 8.69. The maximum atomic E-state index is 8.80. The molecule has 0 aliphatic carbocycles. The summed E-state index contributed by atoms with van der Waals surface area (Å²) in [6.07, 6.45) is 5.35. The smallest absolute Gasteiger partial charge is 0.205 e. The van der Waals surface area contributed by atoms with Crippen LogP contribution in [0.1, 0.15) is 84.8 Å². The van der Waals surface area contributed by atoms with Crippen LogP contribution in [0.25, 0.3) is 0 Å². The van der Waals surface area contributed by atoms with Gasteiger partial charge in [-0.15, -0.1) is 0 Å². The fourth-order valence-corrected chi connectivity index (χ4v) is 3.29. The molecule has 1 rings (SSSR count). The molecule has 0 aliphatic heterocycles.